The fraction of sp³-hybridized carbons (Fsp3) is 0.300. The maximum atomic E-state index is 13.1. The highest BCUT2D eigenvalue weighted by Gasteiger charge is 2.05. The van der Waals surface area contributed by atoms with E-state index in [-0.39, 0.29) is 18.1 Å². The van der Waals surface area contributed by atoms with Gasteiger partial charge >= 0.3 is 0 Å². The van der Waals surface area contributed by atoms with Gasteiger partial charge in [0.1, 0.15) is 5.82 Å². The van der Waals surface area contributed by atoms with Crippen LogP contribution in [-0.4, -0.2) is 17.8 Å². The minimum absolute atomic E-state index is 0.0969. The van der Waals surface area contributed by atoms with Crippen molar-refractivity contribution in [2.45, 2.75) is 6.42 Å². The molecule has 1 rings (SSSR count). The third kappa shape index (κ3) is 3.46. The second-order valence-corrected chi connectivity index (χ2v) is 3.60. The van der Waals surface area contributed by atoms with Crippen molar-refractivity contribution in [1.29, 1.82) is 0 Å². The summed E-state index contributed by atoms with van der Waals surface area (Å²) in [5.41, 5.74) is 0.430. The van der Waals surface area contributed by atoms with Crippen molar-refractivity contribution >= 4 is 21.8 Å². The number of amides is 1. The molecule has 0 aliphatic heterocycles. The summed E-state index contributed by atoms with van der Waals surface area (Å²) in [4.78, 5) is 11.2. The number of hydrogen-bond donors (Lipinski definition) is 1. The van der Waals surface area contributed by atoms with Crippen molar-refractivity contribution in [3.63, 3.8) is 0 Å². The highest BCUT2D eigenvalue weighted by Crippen LogP contribution is 2.06. The van der Waals surface area contributed by atoms with Gasteiger partial charge in [-0.05, 0) is 11.6 Å². The molecule has 0 unspecified atom stereocenters. The lowest BCUT2D eigenvalue weighted by Gasteiger charge is -2.03. The first-order chi connectivity index (χ1) is 6.74. The van der Waals surface area contributed by atoms with E-state index >= 15 is 0 Å². The van der Waals surface area contributed by atoms with Gasteiger partial charge in [-0.25, -0.2) is 4.39 Å². The molecule has 14 heavy (non-hydrogen) atoms. The maximum Gasteiger partial charge on any atom is 0.224 e. The van der Waals surface area contributed by atoms with Gasteiger partial charge in [0.05, 0.1) is 6.42 Å². The lowest BCUT2D eigenvalue weighted by Crippen LogP contribution is -2.27. The normalized spacial score (nSPS) is 9.86. The molecule has 0 saturated heterocycles. The van der Waals surface area contributed by atoms with Crippen LogP contribution in [-0.2, 0) is 11.2 Å². The Morgan fingerprint density at radius 1 is 1.43 bits per heavy atom. The van der Waals surface area contributed by atoms with Crippen LogP contribution in [0.5, 0.6) is 0 Å². The van der Waals surface area contributed by atoms with E-state index in [9.17, 15) is 9.18 Å². The average molecular weight is 260 g/mol. The molecular weight excluding hydrogens is 249 g/mol. The molecule has 2 nitrogen and oxygen atoms in total. The molecular formula is C10H11BrFNO. The predicted octanol–water partition coefficient (Wildman–Crippen LogP) is 1.88. The van der Waals surface area contributed by atoms with E-state index in [4.69, 9.17) is 0 Å². The summed E-state index contributed by atoms with van der Waals surface area (Å²) in [5.74, 6) is -0.490. The molecule has 1 amide bonds. The van der Waals surface area contributed by atoms with Crippen LogP contribution in [0.2, 0.25) is 0 Å². The largest absolute Gasteiger partial charge is 0.355 e. The van der Waals surface area contributed by atoms with Gasteiger partial charge in [-0.15, -0.1) is 0 Å². The molecule has 4 heteroatoms. The fourth-order valence-electron chi connectivity index (χ4n) is 1.06. The number of rotatable bonds is 4. The van der Waals surface area contributed by atoms with E-state index in [1.165, 1.54) is 6.07 Å². The van der Waals surface area contributed by atoms with E-state index in [1.54, 1.807) is 18.2 Å². The second-order valence-electron chi connectivity index (χ2n) is 2.81. The summed E-state index contributed by atoms with van der Waals surface area (Å²) in [5, 5.41) is 3.36. The number of halogens is 2. The van der Waals surface area contributed by atoms with Crippen LogP contribution in [0, 0.1) is 5.82 Å². The molecule has 1 N–H and O–H groups in total. The van der Waals surface area contributed by atoms with E-state index in [1.807, 2.05) is 0 Å². The lowest BCUT2D eigenvalue weighted by molar-refractivity contribution is -0.120. The first-order valence-electron chi connectivity index (χ1n) is 4.30. The Labute approximate surface area is 90.6 Å². The number of carbonyl (C=O) groups is 1. The van der Waals surface area contributed by atoms with Gasteiger partial charge in [-0.3, -0.25) is 4.79 Å². The van der Waals surface area contributed by atoms with Crippen molar-refractivity contribution in [3.8, 4) is 0 Å². The van der Waals surface area contributed by atoms with E-state index < -0.39 is 0 Å². The van der Waals surface area contributed by atoms with Crippen LogP contribution in [0.4, 0.5) is 4.39 Å². The number of carbonyl (C=O) groups excluding carboxylic acids is 1. The number of hydrogen-bond acceptors (Lipinski definition) is 1. The molecule has 0 aromatic heterocycles. The third-order valence-corrected chi connectivity index (χ3v) is 2.12. The SMILES string of the molecule is O=C(Cc1ccccc1F)NCCBr. The Morgan fingerprint density at radius 3 is 2.79 bits per heavy atom. The van der Waals surface area contributed by atoms with Gasteiger partial charge in [0.25, 0.3) is 0 Å². The van der Waals surface area contributed by atoms with Crippen molar-refractivity contribution in [2.75, 3.05) is 11.9 Å². The average Bonchev–Trinajstić information content (AvgIpc) is 2.18. The zero-order chi connectivity index (χ0) is 10.4. The minimum Gasteiger partial charge on any atom is -0.355 e. The Hall–Kier alpha value is -0.900. The fourth-order valence-corrected chi connectivity index (χ4v) is 1.26. The van der Waals surface area contributed by atoms with Gasteiger partial charge in [0, 0.05) is 11.9 Å². The quantitative estimate of drug-likeness (QED) is 0.823. The zero-order valence-corrected chi connectivity index (χ0v) is 9.18. The number of benzene rings is 1. The molecule has 0 aliphatic rings. The molecule has 0 saturated carbocycles. The molecule has 0 aliphatic carbocycles. The summed E-state index contributed by atoms with van der Waals surface area (Å²) in [6.45, 7) is 0.563. The zero-order valence-electron chi connectivity index (χ0n) is 7.59. The Morgan fingerprint density at radius 2 is 2.14 bits per heavy atom. The van der Waals surface area contributed by atoms with Gasteiger partial charge in [-0.2, -0.15) is 0 Å². The molecule has 0 heterocycles. The van der Waals surface area contributed by atoms with Crippen LogP contribution in [0.3, 0.4) is 0 Å². The summed E-state index contributed by atoms with van der Waals surface area (Å²) >= 11 is 3.19. The monoisotopic (exact) mass is 259 g/mol. The summed E-state index contributed by atoms with van der Waals surface area (Å²) in [7, 11) is 0. The van der Waals surface area contributed by atoms with Crippen molar-refractivity contribution < 1.29 is 9.18 Å². The van der Waals surface area contributed by atoms with Gasteiger partial charge in [0.15, 0.2) is 0 Å². The molecule has 0 bridgehead atoms. The van der Waals surface area contributed by atoms with Crippen molar-refractivity contribution in [3.05, 3.63) is 35.6 Å². The summed E-state index contributed by atoms with van der Waals surface area (Å²) < 4.78 is 13.1. The van der Waals surface area contributed by atoms with Crippen LogP contribution in [0.25, 0.3) is 0 Å². The first-order valence-corrected chi connectivity index (χ1v) is 5.42. The van der Waals surface area contributed by atoms with Gasteiger partial charge in [-0.1, -0.05) is 34.1 Å². The molecule has 0 radical (unpaired) electrons. The van der Waals surface area contributed by atoms with Crippen LogP contribution in [0.1, 0.15) is 5.56 Å². The number of alkyl halides is 1. The first kappa shape index (κ1) is 11.2. The Bertz CT molecular complexity index is 317. The minimum atomic E-state index is -0.332. The smallest absolute Gasteiger partial charge is 0.224 e. The summed E-state index contributed by atoms with van der Waals surface area (Å²) in [6.07, 6.45) is 0.0969. The van der Waals surface area contributed by atoms with Gasteiger partial charge < -0.3 is 5.32 Å². The van der Waals surface area contributed by atoms with Gasteiger partial charge in [0.2, 0.25) is 5.91 Å². The highest BCUT2D eigenvalue weighted by atomic mass is 79.9. The molecule has 0 atom stereocenters. The molecule has 1 aromatic carbocycles. The highest BCUT2D eigenvalue weighted by molar-refractivity contribution is 9.09. The van der Waals surface area contributed by atoms with Crippen molar-refractivity contribution in [1.82, 2.24) is 5.32 Å². The third-order valence-electron chi connectivity index (χ3n) is 1.73. The van der Waals surface area contributed by atoms with E-state index in [0.717, 1.165) is 0 Å². The van der Waals surface area contributed by atoms with E-state index in [0.29, 0.717) is 17.4 Å². The standard InChI is InChI=1S/C10H11BrFNO/c11-5-6-13-10(14)7-8-3-1-2-4-9(8)12/h1-4H,5-7H2,(H,13,14). The molecule has 76 valence electrons. The molecule has 0 spiro atoms. The summed E-state index contributed by atoms with van der Waals surface area (Å²) in [6, 6.07) is 6.29. The van der Waals surface area contributed by atoms with Crippen molar-refractivity contribution in [2.24, 2.45) is 0 Å². The van der Waals surface area contributed by atoms with Crippen LogP contribution in [0.15, 0.2) is 24.3 Å². The Kier molecular flexibility index (Phi) is 4.59. The lowest BCUT2D eigenvalue weighted by atomic mass is 10.1. The van der Waals surface area contributed by atoms with Crippen LogP contribution >= 0.6 is 15.9 Å². The number of nitrogens with one attached hydrogen (secondary N) is 1. The maximum absolute atomic E-state index is 13.1. The topological polar surface area (TPSA) is 29.1 Å². The van der Waals surface area contributed by atoms with E-state index in [2.05, 4.69) is 21.2 Å². The molecule has 0 fully saturated rings. The molecule has 1 aromatic rings. The predicted molar refractivity (Wildman–Crippen MR) is 56.9 cm³/mol. The Balaban J connectivity index is 2.52. The second kappa shape index (κ2) is 5.75. The van der Waals surface area contributed by atoms with Crippen LogP contribution < -0.4 is 5.32 Å².